The Morgan fingerprint density at radius 3 is 2.24 bits per heavy atom. The summed E-state index contributed by atoms with van der Waals surface area (Å²) in [6.07, 6.45) is 0.968. The molecule has 0 saturated heterocycles. The summed E-state index contributed by atoms with van der Waals surface area (Å²) >= 11 is 0. The number of hydrogen-bond donors (Lipinski definition) is 1. The zero-order chi connectivity index (χ0) is 12.9. The third-order valence-corrected chi connectivity index (χ3v) is 2.67. The Balaban J connectivity index is 2.45. The lowest BCUT2D eigenvalue weighted by atomic mass is 9.85. The van der Waals surface area contributed by atoms with E-state index in [9.17, 15) is 5.11 Å². The van der Waals surface area contributed by atoms with E-state index in [-0.39, 0.29) is 17.9 Å². The number of aliphatic hydroxyl groups excluding tert-OH is 1. The molecule has 1 rings (SSSR count). The molecule has 0 aliphatic carbocycles. The number of benzene rings is 1. The fourth-order valence-corrected chi connectivity index (χ4v) is 1.89. The Labute approximate surface area is 105 Å². The van der Waals surface area contributed by atoms with E-state index in [1.54, 1.807) is 0 Å². The molecule has 1 atom stereocenters. The number of hydrogen-bond acceptors (Lipinski definition) is 2. The normalized spacial score (nSPS) is 13.5. The largest absolute Gasteiger partial charge is 0.493 e. The molecule has 0 bridgehead atoms. The van der Waals surface area contributed by atoms with E-state index in [0.29, 0.717) is 6.61 Å². The quantitative estimate of drug-likeness (QED) is 0.849. The van der Waals surface area contributed by atoms with E-state index in [2.05, 4.69) is 27.7 Å². The van der Waals surface area contributed by atoms with Crippen molar-refractivity contribution >= 4 is 0 Å². The summed E-state index contributed by atoms with van der Waals surface area (Å²) in [6, 6.07) is 8.02. The lowest BCUT2D eigenvalue weighted by Crippen LogP contribution is -2.22. The molecule has 2 heteroatoms. The van der Waals surface area contributed by atoms with Gasteiger partial charge >= 0.3 is 0 Å². The van der Waals surface area contributed by atoms with Gasteiger partial charge in [-0.2, -0.15) is 0 Å². The molecule has 0 saturated carbocycles. The van der Waals surface area contributed by atoms with Crippen LogP contribution < -0.4 is 4.74 Å². The highest BCUT2D eigenvalue weighted by molar-refractivity contribution is 5.26. The van der Waals surface area contributed by atoms with E-state index >= 15 is 0 Å². The van der Waals surface area contributed by atoms with Crippen molar-refractivity contribution in [2.24, 2.45) is 11.3 Å². The van der Waals surface area contributed by atoms with Gasteiger partial charge < -0.3 is 9.84 Å². The average Bonchev–Trinajstić information content (AvgIpc) is 2.25. The molecule has 1 aromatic rings. The standard InChI is InChI=1S/C15H24O2/c1-12-5-7-14(8-6-12)17-11-13(10-16)9-15(2,3)4/h5-8,13,16H,9-11H2,1-4H3. The van der Waals surface area contributed by atoms with Crippen molar-refractivity contribution in [2.75, 3.05) is 13.2 Å². The van der Waals surface area contributed by atoms with Gasteiger partial charge in [-0.15, -0.1) is 0 Å². The summed E-state index contributed by atoms with van der Waals surface area (Å²) in [5.74, 6) is 1.08. The molecule has 1 unspecified atom stereocenters. The van der Waals surface area contributed by atoms with Crippen LogP contribution in [0.25, 0.3) is 0 Å². The average molecular weight is 236 g/mol. The maximum atomic E-state index is 9.33. The van der Waals surface area contributed by atoms with Crippen molar-refractivity contribution < 1.29 is 9.84 Å². The van der Waals surface area contributed by atoms with Crippen molar-refractivity contribution in [1.82, 2.24) is 0 Å². The Hall–Kier alpha value is -1.02. The van der Waals surface area contributed by atoms with Crippen molar-refractivity contribution in [1.29, 1.82) is 0 Å². The minimum Gasteiger partial charge on any atom is -0.493 e. The van der Waals surface area contributed by atoms with Gasteiger partial charge in [-0.25, -0.2) is 0 Å². The first-order valence-corrected chi connectivity index (χ1v) is 6.21. The summed E-state index contributed by atoms with van der Waals surface area (Å²) in [5.41, 5.74) is 1.45. The van der Waals surface area contributed by atoms with Crippen molar-refractivity contribution in [3.63, 3.8) is 0 Å². The fourth-order valence-electron chi connectivity index (χ4n) is 1.89. The number of aliphatic hydroxyl groups is 1. The van der Waals surface area contributed by atoms with Gasteiger partial charge in [-0.1, -0.05) is 38.5 Å². The predicted octanol–water partition coefficient (Wildman–Crippen LogP) is 3.42. The Morgan fingerprint density at radius 2 is 1.76 bits per heavy atom. The molecule has 0 aliphatic rings. The summed E-state index contributed by atoms with van der Waals surface area (Å²) < 4.78 is 5.70. The summed E-state index contributed by atoms with van der Waals surface area (Å²) in [7, 11) is 0. The maximum Gasteiger partial charge on any atom is 0.119 e. The number of ether oxygens (including phenoxy) is 1. The molecular formula is C15H24O2. The van der Waals surface area contributed by atoms with Gasteiger partial charge in [-0.3, -0.25) is 0 Å². The molecule has 1 N–H and O–H groups in total. The highest BCUT2D eigenvalue weighted by Crippen LogP contribution is 2.25. The molecular weight excluding hydrogens is 212 g/mol. The molecule has 2 nitrogen and oxygen atoms in total. The molecule has 0 fully saturated rings. The smallest absolute Gasteiger partial charge is 0.119 e. The molecule has 0 aliphatic heterocycles. The van der Waals surface area contributed by atoms with E-state index in [1.807, 2.05) is 24.3 Å². The Morgan fingerprint density at radius 1 is 1.18 bits per heavy atom. The lowest BCUT2D eigenvalue weighted by Gasteiger charge is -2.24. The second-order valence-electron chi connectivity index (χ2n) is 5.94. The van der Waals surface area contributed by atoms with Crippen molar-refractivity contribution in [2.45, 2.75) is 34.1 Å². The maximum absolute atomic E-state index is 9.33. The van der Waals surface area contributed by atoms with Crippen molar-refractivity contribution in [3.8, 4) is 5.75 Å². The molecule has 0 heterocycles. The van der Waals surface area contributed by atoms with Crippen LogP contribution in [0.3, 0.4) is 0 Å². The zero-order valence-electron chi connectivity index (χ0n) is 11.4. The van der Waals surface area contributed by atoms with Crippen LogP contribution in [0, 0.1) is 18.3 Å². The SMILES string of the molecule is Cc1ccc(OCC(CO)CC(C)(C)C)cc1. The molecule has 0 radical (unpaired) electrons. The van der Waals surface area contributed by atoms with Crippen LogP contribution in [0.5, 0.6) is 5.75 Å². The Bertz CT molecular complexity index is 322. The first kappa shape index (κ1) is 14.0. The molecule has 0 aromatic heterocycles. The topological polar surface area (TPSA) is 29.5 Å². The summed E-state index contributed by atoms with van der Waals surface area (Å²) in [5, 5.41) is 9.33. The predicted molar refractivity (Wildman–Crippen MR) is 71.3 cm³/mol. The summed E-state index contributed by atoms with van der Waals surface area (Å²) in [6.45, 7) is 9.37. The monoisotopic (exact) mass is 236 g/mol. The number of aryl methyl sites for hydroxylation is 1. The highest BCUT2D eigenvalue weighted by Gasteiger charge is 2.18. The van der Waals surface area contributed by atoms with Gasteiger partial charge in [0.25, 0.3) is 0 Å². The molecule has 96 valence electrons. The van der Waals surface area contributed by atoms with Crippen LogP contribution in [0.2, 0.25) is 0 Å². The van der Waals surface area contributed by atoms with Crippen LogP contribution in [0.4, 0.5) is 0 Å². The zero-order valence-corrected chi connectivity index (χ0v) is 11.4. The van der Waals surface area contributed by atoms with Crippen LogP contribution in [0.1, 0.15) is 32.8 Å². The molecule has 0 spiro atoms. The van der Waals surface area contributed by atoms with Crippen LogP contribution >= 0.6 is 0 Å². The first-order valence-electron chi connectivity index (χ1n) is 6.21. The molecule has 17 heavy (non-hydrogen) atoms. The third kappa shape index (κ3) is 5.73. The van der Waals surface area contributed by atoms with E-state index in [1.165, 1.54) is 5.56 Å². The highest BCUT2D eigenvalue weighted by atomic mass is 16.5. The van der Waals surface area contributed by atoms with Gasteiger partial charge in [0, 0.05) is 12.5 Å². The minimum absolute atomic E-state index is 0.184. The summed E-state index contributed by atoms with van der Waals surface area (Å²) in [4.78, 5) is 0. The van der Waals surface area contributed by atoms with Gasteiger partial charge in [0.15, 0.2) is 0 Å². The van der Waals surface area contributed by atoms with Crippen molar-refractivity contribution in [3.05, 3.63) is 29.8 Å². The fraction of sp³-hybridized carbons (Fsp3) is 0.600. The number of rotatable bonds is 5. The van der Waals surface area contributed by atoms with Crippen LogP contribution in [-0.2, 0) is 0 Å². The molecule has 1 aromatic carbocycles. The second kappa shape index (κ2) is 6.06. The second-order valence-corrected chi connectivity index (χ2v) is 5.94. The van der Waals surface area contributed by atoms with Crippen LogP contribution in [0.15, 0.2) is 24.3 Å². The van der Waals surface area contributed by atoms with Gasteiger partial charge in [-0.05, 0) is 30.9 Å². The Kier molecular flexibility index (Phi) is 5.01. The van der Waals surface area contributed by atoms with Gasteiger partial charge in [0.05, 0.1) is 6.61 Å². The first-order chi connectivity index (χ1) is 7.90. The lowest BCUT2D eigenvalue weighted by molar-refractivity contribution is 0.126. The van der Waals surface area contributed by atoms with E-state index in [4.69, 9.17) is 4.74 Å². The third-order valence-electron chi connectivity index (χ3n) is 2.67. The van der Waals surface area contributed by atoms with Gasteiger partial charge in [0.1, 0.15) is 5.75 Å². The van der Waals surface area contributed by atoms with E-state index in [0.717, 1.165) is 12.2 Å². The molecule has 0 amide bonds. The van der Waals surface area contributed by atoms with Gasteiger partial charge in [0.2, 0.25) is 0 Å². The minimum atomic E-state index is 0.184. The van der Waals surface area contributed by atoms with E-state index < -0.39 is 0 Å². The van der Waals surface area contributed by atoms with Crippen LogP contribution in [-0.4, -0.2) is 18.3 Å².